The molecule has 3 nitrogen and oxygen atoms in total. The van der Waals surface area contributed by atoms with Crippen molar-refractivity contribution >= 4 is 11.8 Å². The van der Waals surface area contributed by atoms with Crippen LogP contribution in [0.5, 0.6) is 0 Å². The van der Waals surface area contributed by atoms with Crippen LogP contribution in [-0.2, 0) is 14.3 Å². The minimum Gasteiger partial charge on any atom is -0.466 e. The molecule has 0 N–H and O–H groups in total. The van der Waals surface area contributed by atoms with Crippen LogP contribution in [0.25, 0.3) is 0 Å². The van der Waals surface area contributed by atoms with Crippen molar-refractivity contribution in [1.82, 2.24) is 0 Å². The summed E-state index contributed by atoms with van der Waals surface area (Å²) in [5.41, 5.74) is 0. The molecule has 0 aliphatic rings. The highest BCUT2D eigenvalue weighted by Gasteiger charge is 2.19. The zero-order valence-corrected chi connectivity index (χ0v) is 9.62. The fourth-order valence-corrected chi connectivity index (χ4v) is 1.34. The molecule has 0 amide bonds. The van der Waals surface area contributed by atoms with Crippen LogP contribution in [0.2, 0.25) is 0 Å². The summed E-state index contributed by atoms with van der Waals surface area (Å²) in [4.78, 5) is 22.3. The molecule has 0 rings (SSSR count). The highest BCUT2D eigenvalue weighted by Crippen LogP contribution is 2.16. The minimum atomic E-state index is -0.194. The summed E-state index contributed by atoms with van der Waals surface area (Å²) >= 11 is 0. The maximum Gasteiger partial charge on any atom is 0.308 e. The van der Waals surface area contributed by atoms with Crippen molar-refractivity contribution in [3.63, 3.8) is 0 Å². The molecule has 0 aliphatic carbocycles. The van der Waals surface area contributed by atoms with E-state index in [1.54, 1.807) is 13.0 Å². The quantitative estimate of drug-likeness (QED) is 0.458. The van der Waals surface area contributed by atoms with E-state index in [2.05, 4.69) is 6.58 Å². The zero-order valence-electron chi connectivity index (χ0n) is 9.62. The van der Waals surface area contributed by atoms with Crippen molar-refractivity contribution in [1.29, 1.82) is 0 Å². The van der Waals surface area contributed by atoms with E-state index in [4.69, 9.17) is 4.74 Å². The molecule has 0 radical (unpaired) electrons. The predicted octanol–water partition coefficient (Wildman–Crippen LogP) is 2.50. The molecule has 0 heterocycles. The lowest BCUT2D eigenvalue weighted by Gasteiger charge is -2.13. The third kappa shape index (κ3) is 6.89. The van der Waals surface area contributed by atoms with Gasteiger partial charge in [0.2, 0.25) is 0 Å². The number of hydrogen-bond acceptors (Lipinski definition) is 3. The fraction of sp³-hybridized carbons (Fsp3) is 0.667. The lowest BCUT2D eigenvalue weighted by Crippen LogP contribution is -2.18. The van der Waals surface area contributed by atoms with Crippen molar-refractivity contribution < 1.29 is 14.3 Å². The lowest BCUT2D eigenvalue weighted by molar-refractivity contribution is -0.148. The standard InChI is InChI=1S/C12H20O3/c1-4-6-7-11(9-8-10(3)13)12(14)15-5-2/h4,11H,1,5-9H2,2-3H3. The molecule has 0 saturated carbocycles. The normalized spacial score (nSPS) is 11.9. The summed E-state index contributed by atoms with van der Waals surface area (Å²) in [5, 5.41) is 0. The number of rotatable bonds is 8. The second-order valence-electron chi connectivity index (χ2n) is 3.56. The highest BCUT2D eigenvalue weighted by atomic mass is 16.5. The lowest BCUT2D eigenvalue weighted by atomic mass is 9.96. The molecular weight excluding hydrogens is 192 g/mol. The Morgan fingerprint density at radius 1 is 1.40 bits per heavy atom. The number of allylic oxidation sites excluding steroid dienone is 1. The predicted molar refractivity (Wildman–Crippen MR) is 59.5 cm³/mol. The van der Waals surface area contributed by atoms with E-state index in [0.29, 0.717) is 19.4 Å². The molecular formula is C12H20O3. The molecule has 0 saturated heterocycles. The van der Waals surface area contributed by atoms with Crippen LogP contribution in [0.3, 0.4) is 0 Å². The van der Waals surface area contributed by atoms with Gasteiger partial charge in [-0.1, -0.05) is 6.08 Å². The van der Waals surface area contributed by atoms with Crippen LogP contribution in [0.4, 0.5) is 0 Å². The summed E-state index contributed by atoms with van der Waals surface area (Å²) in [6.07, 6.45) is 4.31. The van der Waals surface area contributed by atoms with Crippen LogP contribution in [0, 0.1) is 5.92 Å². The van der Waals surface area contributed by atoms with Crippen molar-refractivity contribution in [2.24, 2.45) is 5.92 Å². The Labute approximate surface area is 91.5 Å². The summed E-state index contributed by atoms with van der Waals surface area (Å²) in [7, 11) is 0. The molecule has 1 unspecified atom stereocenters. The minimum absolute atomic E-state index is 0.114. The van der Waals surface area contributed by atoms with Gasteiger partial charge in [-0.25, -0.2) is 0 Å². The van der Waals surface area contributed by atoms with E-state index in [-0.39, 0.29) is 17.7 Å². The van der Waals surface area contributed by atoms with E-state index in [0.717, 1.165) is 12.8 Å². The van der Waals surface area contributed by atoms with Gasteiger partial charge in [-0.05, 0) is 33.1 Å². The Balaban J connectivity index is 4.09. The largest absolute Gasteiger partial charge is 0.466 e. The maximum atomic E-state index is 11.5. The first-order valence-corrected chi connectivity index (χ1v) is 5.38. The summed E-state index contributed by atoms with van der Waals surface area (Å²) < 4.78 is 4.95. The second kappa shape index (κ2) is 8.21. The number of Topliss-reactive ketones (excluding diaryl/α,β-unsaturated/α-hetero) is 1. The average molecular weight is 212 g/mol. The zero-order chi connectivity index (χ0) is 11.7. The van der Waals surface area contributed by atoms with E-state index in [9.17, 15) is 9.59 Å². The van der Waals surface area contributed by atoms with Gasteiger partial charge in [0.1, 0.15) is 5.78 Å². The maximum absolute atomic E-state index is 11.5. The Morgan fingerprint density at radius 3 is 2.53 bits per heavy atom. The van der Waals surface area contributed by atoms with Crippen LogP contribution in [0.15, 0.2) is 12.7 Å². The van der Waals surface area contributed by atoms with Gasteiger partial charge in [0, 0.05) is 6.42 Å². The van der Waals surface area contributed by atoms with Gasteiger partial charge in [0.25, 0.3) is 0 Å². The van der Waals surface area contributed by atoms with Gasteiger partial charge in [0.05, 0.1) is 12.5 Å². The smallest absolute Gasteiger partial charge is 0.308 e. The van der Waals surface area contributed by atoms with E-state index in [1.807, 2.05) is 0 Å². The van der Waals surface area contributed by atoms with E-state index < -0.39 is 0 Å². The molecule has 0 aromatic rings. The molecule has 86 valence electrons. The molecule has 0 aromatic carbocycles. The molecule has 15 heavy (non-hydrogen) atoms. The topological polar surface area (TPSA) is 43.4 Å². The van der Waals surface area contributed by atoms with Crippen LogP contribution in [-0.4, -0.2) is 18.4 Å². The Hall–Kier alpha value is -1.12. The highest BCUT2D eigenvalue weighted by molar-refractivity contribution is 5.77. The molecule has 0 aliphatic heterocycles. The number of ether oxygens (including phenoxy) is 1. The Bertz CT molecular complexity index is 221. The van der Waals surface area contributed by atoms with Crippen LogP contribution < -0.4 is 0 Å². The van der Waals surface area contributed by atoms with E-state index in [1.165, 1.54) is 6.92 Å². The molecule has 0 spiro atoms. The second-order valence-corrected chi connectivity index (χ2v) is 3.56. The van der Waals surface area contributed by atoms with Gasteiger partial charge in [-0.2, -0.15) is 0 Å². The first kappa shape index (κ1) is 13.9. The number of ketones is 1. The van der Waals surface area contributed by atoms with Crippen LogP contribution in [0.1, 0.15) is 39.5 Å². The number of carbonyl (C=O) groups excluding carboxylic acids is 2. The Kier molecular flexibility index (Phi) is 7.60. The molecule has 0 bridgehead atoms. The number of esters is 1. The third-order valence-corrected chi connectivity index (χ3v) is 2.18. The molecule has 0 fully saturated rings. The van der Waals surface area contributed by atoms with Gasteiger partial charge >= 0.3 is 5.97 Å². The summed E-state index contributed by atoms with van der Waals surface area (Å²) in [6.45, 7) is 7.33. The van der Waals surface area contributed by atoms with Crippen molar-refractivity contribution in [2.75, 3.05) is 6.61 Å². The van der Waals surface area contributed by atoms with Crippen LogP contribution >= 0.6 is 0 Å². The summed E-state index contributed by atoms with van der Waals surface area (Å²) in [6, 6.07) is 0. The van der Waals surface area contributed by atoms with Gasteiger partial charge in [0.15, 0.2) is 0 Å². The first-order chi connectivity index (χ1) is 7.11. The molecule has 0 aromatic heterocycles. The number of hydrogen-bond donors (Lipinski definition) is 0. The average Bonchev–Trinajstić information content (AvgIpc) is 2.17. The van der Waals surface area contributed by atoms with Gasteiger partial charge < -0.3 is 9.53 Å². The van der Waals surface area contributed by atoms with Gasteiger partial charge in [-0.3, -0.25) is 4.79 Å². The van der Waals surface area contributed by atoms with Gasteiger partial charge in [-0.15, -0.1) is 6.58 Å². The SMILES string of the molecule is C=CCCC(CCC(C)=O)C(=O)OCC. The molecule has 3 heteroatoms. The van der Waals surface area contributed by atoms with Crippen molar-refractivity contribution in [2.45, 2.75) is 39.5 Å². The van der Waals surface area contributed by atoms with E-state index >= 15 is 0 Å². The fourth-order valence-electron chi connectivity index (χ4n) is 1.34. The monoisotopic (exact) mass is 212 g/mol. The Morgan fingerprint density at radius 2 is 2.07 bits per heavy atom. The van der Waals surface area contributed by atoms with Crippen molar-refractivity contribution in [3.05, 3.63) is 12.7 Å². The third-order valence-electron chi connectivity index (χ3n) is 2.18. The first-order valence-electron chi connectivity index (χ1n) is 5.38. The molecule has 1 atom stereocenters. The summed E-state index contributed by atoms with van der Waals surface area (Å²) in [5.74, 6) is -0.240. The number of carbonyl (C=O) groups is 2. The van der Waals surface area contributed by atoms with Crippen molar-refractivity contribution in [3.8, 4) is 0 Å².